The molecule has 2 aromatic rings. The Hall–Kier alpha value is -2.54. The van der Waals surface area contributed by atoms with Gasteiger partial charge in [0.25, 0.3) is 0 Å². The Morgan fingerprint density at radius 1 is 1.03 bits per heavy atom. The van der Waals surface area contributed by atoms with Crippen molar-refractivity contribution in [2.24, 2.45) is 5.92 Å². The van der Waals surface area contributed by atoms with Crippen LogP contribution in [0.25, 0.3) is 0 Å². The Balaban J connectivity index is 1.37. The maximum atomic E-state index is 13.0. The molecule has 1 N–H and O–H groups in total. The van der Waals surface area contributed by atoms with Gasteiger partial charge >= 0.3 is 12.1 Å². The lowest BCUT2D eigenvalue weighted by atomic mass is 9.93. The number of carboxylic acids is 1. The lowest BCUT2D eigenvalue weighted by molar-refractivity contribution is -0.140. The normalized spacial score (nSPS) is 25.1. The standard InChI is InChI=1S/C22H23F3N2O2/c23-22(24,25)17-7-4-8-19(13-17)27-11-9-26(10-12-27)15-18-14-21(18,20(28)29)16-5-2-1-3-6-16/h1-8,13,18H,9-12,14-15H2,(H,28,29)/t18-,21+/m0/s1. The van der Waals surface area contributed by atoms with Gasteiger partial charge in [0.15, 0.2) is 0 Å². The second-order valence-corrected chi connectivity index (χ2v) is 7.88. The molecule has 1 saturated carbocycles. The highest BCUT2D eigenvalue weighted by Gasteiger charge is 2.61. The minimum Gasteiger partial charge on any atom is -0.481 e. The summed E-state index contributed by atoms with van der Waals surface area (Å²) < 4.78 is 38.9. The topological polar surface area (TPSA) is 43.8 Å². The molecule has 0 bridgehead atoms. The second kappa shape index (κ2) is 7.37. The first-order chi connectivity index (χ1) is 13.8. The Kier molecular flexibility index (Phi) is 5.02. The first kappa shape index (κ1) is 19.8. The van der Waals surface area contributed by atoms with E-state index >= 15 is 0 Å². The number of hydrogen-bond donors (Lipinski definition) is 1. The number of alkyl halides is 3. The predicted molar refractivity (Wildman–Crippen MR) is 104 cm³/mol. The molecule has 2 atom stereocenters. The van der Waals surface area contributed by atoms with Crippen LogP contribution >= 0.6 is 0 Å². The maximum Gasteiger partial charge on any atom is 0.416 e. The van der Waals surface area contributed by atoms with E-state index in [-0.39, 0.29) is 5.92 Å². The molecule has 154 valence electrons. The van der Waals surface area contributed by atoms with Gasteiger partial charge in [0, 0.05) is 38.4 Å². The molecule has 0 aromatic heterocycles. The van der Waals surface area contributed by atoms with Gasteiger partial charge in [0.1, 0.15) is 0 Å². The summed E-state index contributed by atoms with van der Waals surface area (Å²) in [6, 6.07) is 14.8. The Morgan fingerprint density at radius 2 is 1.72 bits per heavy atom. The highest BCUT2D eigenvalue weighted by Crippen LogP contribution is 2.54. The number of benzene rings is 2. The smallest absolute Gasteiger partial charge is 0.416 e. The number of halogens is 3. The van der Waals surface area contributed by atoms with Gasteiger partial charge in [-0.1, -0.05) is 36.4 Å². The van der Waals surface area contributed by atoms with Crippen LogP contribution in [0.5, 0.6) is 0 Å². The third kappa shape index (κ3) is 3.83. The van der Waals surface area contributed by atoms with E-state index in [9.17, 15) is 23.1 Å². The van der Waals surface area contributed by atoms with Crippen LogP contribution < -0.4 is 4.90 Å². The molecule has 0 unspecified atom stereocenters. The monoisotopic (exact) mass is 404 g/mol. The van der Waals surface area contributed by atoms with Crippen LogP contribution in [-0.2, 0) is 16.4 Å². The van der Waals surface area contributed by atoms with Gasteiger partial charge in [-0.3, -0.25) is 9.69 Å². The molecule has 1 saturated heterocycles. The van der Waals surface area contributed by atoms with E-state index in [2.05, 4.69) is 4.90 Å². The first-order valence-electron chi connectivity index (χ1n) is 9.74. The molecule has 4 rings (SSSR count). The minimum atomic E-state index is -4.35. The number of anilines is 1. The van der Waals surface area contributed by atoms with Crippen LogP contribution in [-0.4, -0.2) is 48.7 Å². The molecule has 2 fully saturated rings. The predicted octanol–water partition coefficient (Wildman–Crippen LogP) is 3.87. The van der Waals surface area contributed by atoms with Crippen molar-refractivity contribution in [2.75, 3.05) is 37.6 Å². The lowest BCUT2D eigenvalue weighted by Gasteiger charge is -2.36. The van der Waals surface area contributed by atoms with Crippen molar-refractivity contribution in [3.8, 4) is 0 Å². The number of aliphatic carboxylic acids is 1. The molecular formula is C22H23F3N2O2. The Labute approximate surface area is 167 Å². The molecular weight excluding hydrogens is 381 g/mol. The van der Waals surface area contributed by atoms with Crippen molar-refractivity contribution < 1.29 is 23.1 Å². The second-order valence-electron chi connectivity index (χ2n) is 7.88. The third-order valence-electron chi connectivity index (χ3n) is 6.17. The van der Waals surface area contributed by atoms with Crippen molar-refractivity contribution in [1.82, 2.24) is 4.90 Å². The van der Waals surface area contributed by atoms with Crippen LogP contribution in [0.3, 0.4) is 0 Å². The number of rotatable bonds is 5. The van der Waals surface area contributed by atoms with Crippen LogP contribution in [0.4, 0.5) is 18.9 Å². The number of carboxylic acid groups (broad SMARTS) is 1. The number of nitrogens with zero attached hydrogens (tertiary/aromatic N) is 2. The number of hydrogen-bond acceptors (Lipinski definition) is 3. The van der Waals surface area contributed by atoms with Crippen molar-refractivity contribution in [2.45, 2.75) is 18.0 Å². The van der Waals surface area contributed by atoms with Crippen molar-refractivity contribution >= 4 is 11.7 Å². The zero-order chi connectivity index (χ0) is 20.6. The van der Waals surface area contributed by atoms with E-state index in [0.29, 0.717) is 44.8 Å². The van der Waals surface area contributed by atoms with Gasteiger partial charge in [0.05, 0.1) is 11.0 Å². The van der Waals surface area contributed by atoms with E-state index in [1.165, 1.54) is 12.1 Å². The van der Waals surface area contributed by atoms with Gasteiger partial charge in [-0.2, -0.15) is 13.2 Å². The van der Waals surface area contributed by atoms with Crippen LogP contribution in [0.1, 0.15) is 17.5 Å². The fourth-order valence-corrected chi connectivity index (χ4v) is 4.40. The summed E-state index contributed by atoms with van der Waals surface area (Å²) in [5.74, 6) is -0.723. The van der Waals surface area contributed by atoms with E-state index in [1.54, 1.807) is 6.07 Å². The summed E-state index contributed by atoms with van der Waals surface area (Å²) >= 11 is 0. The molecule has 29 heavy (non-hydrogen) atoms. The summed E-state index contributed by atoms with van der Waals surface area (Å²) in [6.07, 6.45) is -3.72. The molecule has 1 aliphatic heterocycles. The van der Waals surface area contributed by atoms with Gasteiger partial charge in [-0.05, 0) is 36.1 Å². The summed E-state index contributed by atoms with van der Waals surface area (Å²) in [5, 5.41) is 9.82. The molecule has 1 aliphatic carbocycles. The van der Waals surface area contributed by atoms with Crippen LogP contribution in [0.15, 0.2) is 54.6 Å². The summed E-state index contributed by atoms with van der Waals surface area (Å²) in [5.41, 5.74) is -0.0147. The Bertz CT molecular complexity index is 879. The molecule has 4 nitrogen and oxygen atoms in total. The molecule has 7 heteroatoms. The van der Waals surface area contributed by atoms with Crippen LogP contribution in [0.2, 0.25) is 0 Å². The molecule has 2 aromatic carbocycles. The van der Waals surface area contributed by atoms with Crippen molar-refractivity contribution in [1.29, 1.82) is 0 Å². The SMILES string of the molecule is O=C(O)[C@@]1(c2ccccc2)C[C@H]1CN1CCN(c2cccc(C(F)(F)F)c2)CC1. The largest absolute Gasteiger partial charge is 0.481 e. The first-order valence-corrected chi connectivity index (χ1v) is 9.74. The summed E-state index contributed by atoms with van der Waals surface area (Å²) in [6.45, 7) is 3.35. The fraction of sp³-hybridized carbons (Fsp3) is 0.409. The molecule has 0 spiro atoms. The molecule has 1 heterocycles. The van der Waals surface area contributed by atoms with Crippen molar-refractivity contribution in [3.05, 3.63) is 65.7 Å². The third-order valence-corrected chi connectivity index (χ3v) is 6.17. The zero-order valence-corrected chi connectivity index (χ0v) is 15.9. The number of carbonyl (C=O) groups is 1. The fourth-order valence-electron chi connectivity index (χ4n) is 4.40. The van der Waals surface area contributed by atoms with Gasteiger partial charge in [-0.15, -0.1) is 0 Å². The van der Waals surface area contributed by atoms with Crippen molar-refractivity contribution in [3.63, 3.8) is 0 Å². The quantitative estimate of drug-likeness (QED) is 0.822. The van der Waals surface area contributed by atoms with Gasteiger partial charge in [0.2, 0.25) is 0 Å². The van der Waals surface area contributed by atoms with Crippen LogP contribution in [0, 0.1) is 5.92 Å². The zero-order valence-electron chi connectivity index (χ0n) is 15.9. The number of piperazine rings is 1. The molecule has 0 amide bonds. The van der Waals surface area contributed by atoms with E-state index in [4.69, 9.17) is 0 Å². The van der Waals surface area contributed by atoms with E-state index in [0.717, 1.165) is 11.6 Å². The summed E-state index contributed by atoms with van der Waals surface area (Å²) in [4.78, 5) is 16.2. The van der Waals surface area contributed by atoms with E-state index < -0.39 is 23.1 Å². The summed E-state index contributed by atoms with van der Waals surface area (Å²) in [7, 11) is 0. The van der Waals surface area contributed by atoms with Gasteiger partial charge < -0.3 is 10.0 Å². The molecule has 2 aliphatic rings. The average Bonchev–Trinajstić information content (AvgIpc) is 3.44. The highest BCUT2D eigenvalue weighted by molar-refractivity contribution is 5.86. The highest BCUT2D eigenvalue weighted by atomic mass is 19.4. The Morgan fingerprint density at radius 3 is 2.34 bits per heavy atom. The van der Waals surface area contributed by atoms with E-state index in [1.807, 2.05) is 35.2 Å². The maximum absolute atomic E-state index is 13.0. The average molecular weight is 404 g/mol. The lowest BCUT2D eigenvalue weighted by Crippen LogP contribution is -2.47. The van der Waals surface area contributed by atoms with Gasteiger partial charge in [-0.25, -0.2) is 0 Å². The molecule has 0 radical (unpaired) electrons. The minimum absolute atomic E-state index is 0.0579.